The Morgan fingerprint density at radius 3 is 2.62 bits per heavy atom. The Morgan fingerprint density at radius 2 is 1.85 bits per heavy atom. The monoisotopic (exact) mass is 351 g/mol. The van der Waals surface area contributed by atoms with Crippen LogP contribution in [0.3, 0.4) is 0 Å². The van der Waals surface area contributed by atoms with E-state index in [0.29, 0.717) is 5.69 Å². The van der Waals surface area contributed by atoms with Gasteiger partial charge in [-0.2, -0.15) is 5.10 Å². The molecule has 1 amide bonds. The van der Waals surface area contributed by atoms with Crippen molar-refractivity contribution in [2.45, 2.75) is 19.5 Å². The van der Waals surface area contributed by atoms with Crippen LogP contribution in [0, 0.1) is 0 Å². The first-order chi connectivity index (χ1) is 12.5. The molecule has 1 aromatic heterocycles. The van der Waals surface area contributed by atoms with Crippen LogP contribution in [0.15, 0.2) is 59.4 Å². The number of rotatable bonds is 5. The molecule has 2 aromatic carbocycles. The quantitative estimate of drug-likeness (QED) is 0.728. The number of hydrogen-bond donors (Lipinski definition) is 2. The first-order valence-corrected chi connectivity index (χ1v) is 8.04. The van der Waals surface area contributed by atoms with Crippen molar-refractivity contribution < 1.29 is 14.7 Å². The zero-order chi connectivity index (χ0) is 18.7. The Bertz CT molecular complexity index is 1040. The number of fused-ring (bicyclic) bond motifs is 1. The van der Waals surface area contributed by atoms with Gasteiger partial charge >= 0.3 is 5.97 Å². The Labute approximate surface area is 148 Å². The van der Waals surface area contributed by atoms with Crippen LogP contribution in [-0.2, 0) is 16.1 Å². The normalized spacial score (nSPS) is 11.9. The molecule has 7 nitrogen and oxygen atoms in total. The van der Waals surface area contributed by atoms with Crippen molar-refractivity contribution in [1.82, 2.24) is 15.1 Å². The van der Waals surface area contributed by atoms with Crippen LogP contribution in [0.25, 0.3) is 22.0 Å². The molecule has 3 rings (SSSR count). The Kier molecular flexibility index (Phi) is 4.79. The van der Waals surface area contributed by atoms with Gasteiger partial charge < -0.3 is 10.4 Å². The van der Waals surface area contributed by atoms with Gasteiger partial charge in [0.15, 0.2) is 0 Å². The summed E-state index contributed by atoms with van der Waals surface area (Å²) in [7, 11) is 0. The van der Waals surface area contributed by atoms with Crippen molar-refractivity contribution in [3.8, 4) is 11.3 Å². The third-order valence-corrected chi connectivity index (χ3v) is 3.97. The number of hydrogen-bond acceptors (Lipinski definition) is 4. The van der Waals surface area contributed by atoms with Crippen LogP contribution in [0.5, 0.6) is 0 Å². The molecule has 0 aliphatic carbocycles. The molecule has 3 aromatic rings. The Balaban J connectivity index is 1.94. The number of carbonyl (C=O) groups is 2. The van der Waals surface area contributed by atoms with Gasteiger partial charge in [0.1, 0.15) is 12.6 Å². The van der Waals surface area contributed by atoms with Crippen LogP contribution in [-0.4, -0.2) is 32.8 Å². The second-order valence-electron chi connectivity index (χ2n) is 5.87. The zero-order valence-electron chi connectivity index (χ0n) is 14.0. The summed E-state index contributed by atoms with van der Waals surface area (Å²) in [4.78, 5) is 34.8. The smallest absolute Gasteiger partial charge is 0.325 e. The third-order valence-electron chi connectivity index (χ3n) is 3.97. The van der Waals surface area contributed by atoms with Crippen LogP contribution in [0.2, 0.25) is 0 Å². The summed E-state index contributed by atoms with van der Waals surface area (Å²) >= 11 is 0. The molecule has 0 aliphatic rings. The fourth-order valence-corrected chi connectivity index (χ4v) is 2.64. The van der Waals surface area contributed by atoms with Crippen LogP contribution >= 0.6 is 0 Å². The lowest BCUT2D eigenvalue weighted by atomic mass is 10.0. The maximum absolute atomic E-state index is 12.0. The van der Waals surface area contributed by atoms with E-state index in [9.17, 15) is 14.4 Å². The van der Waals surface area contributed by atoms with Crippen LogP contribution in [0.4, 0.5) is 0 Å². The lowest BCUT2D eigenvalue weighted by Gasteiger charge is -2.11. The molecule has 132 valence electrons. The SMILES string of the molecule is C[C@@H](NC(=O)Cn1nc(-c2cccc3ccccc23)ccc1=O)C(=O)O. The van der Waals surface area contributed by atoms with Crippen molar-refractivity contribution in [1.29, 1.82) is 0 Å². The number of aliphatic carboxylic acids is 1. The number of aromatic nitrogens is 2. The maximum atomic E-state index is 12.0. The number of carbonyl (C=O) groups excluding carboxylic acids is 1. The molecule has 26 heavy (non-hydrogen) atoms. The highest BCUT2D eigenvalue weighted by molar-refractivity contribution is 5.95. The van der Waals surface area contributed by atoms with Crippen molar-refractivity contribution in [3.63, 3.8) is 0 Å². The van der Waals surface area contributed by atoms with Gasteiger partial charge in [0, 0.05) is 11.6 Å². The van der Waals surface area contributed by atoms with Crippen molar-refractivity contribution >= 4 is 22.6 Å². The predicted molar refractivity (Wildman–Crippen MR) is 96.7 cm³/mol. The topological polar surface area (TPSA) is 101 Å². The van der Waals surface area contributed by atoms with Crippen molar-refractivity contribution in [2.24, 2.45) is 0 Å². The molecule has 0 radical (unpaired) electrons. The van der Waals surface area contributed by atoms with Gasteiger partial charge in [-0.1, -0.05) is 42.5 Å². The molecular formula is C19H17N3O4. The largest absolute Gasteiger partial charge is 0.480 e. The Morgan fingerprint density at radius 1 is 1.12 bits per heavy atom. The summed E-state index contributed by atoms with van der Waals surface area (Å²) in [5, 5.41) is 17.5. The van der Waals surface area contributed by atoms with Gasteiger partial charge in [0.2, 0.25) is 5.91 Å². The number of nitrogens with zero attached hydrogens (tertiary/aromatic N) is 2. The van der Waals surface area contributed by atoms with Crippen LogP contribution in [0.1, 0.15) is 6.92 Å². The molecule has 0 fully saturated rings. The summed E-state index contributed by atoms with van der Waals surface area (Å²) in [6.45, 7) is 0.998. The van der Waals surface area contributed by atoms with E-state index in [1.807, 2.05) is 42.5 Å². The number of carboxylic acid groups (broad SMARTS) is 1. The van der Waals surface area contributed by atoms with Crippen LogP contribution < -0.4 is 10.9 Å². The highest BCUT2D eigenvalue weighted by Crippen LogP contribution is 2.26. The molecule has 0 saturated heterocycles. The predicted octanol–water partition coefficient (Wildman–Crippen LogP) is 1.65. The summed E-state index contributed by atoms with van der Waals surface area (Å²) < 4.78 is 1.03. The molecule has 0 unspecified atom stereocenters. The second-order valence-corrected chi connectivity index (χ2v) is 5.87. The maximum Gasteiger partial charge on any atom is 0.325 e. The van der Waals surface area contributed by atoms with Gasteiger partial charge in [-0.25, -0.2) is 4.68 Å². The Hall–Kier alpha value is -3.48. The molecule has 7 heteroatoms. The van der Waals surface area contributed by atoms with Crippen molar-refractivity contribution in [3.05, 3.63) is 65.0 Å². The van der Waals surface area contributed by atoms with Crippen molar-refractivity contribution in [2.75, 3.05) is 0 Å². The lowest BCUT2D eigenvalue weighted by Crippen LogP contribution is -2.41. The summed E-state index contributed by atoms with van der Waals surface area (Å²) in [6, 6.07) is 15.5. The molecule has 0 bridgehead atoms. The van der Waals surface area contributed by atoms with E-state index >= 15 is 0 Å². The summed E-state index contributed by atoms with van der Waals surface area (Å²) in [6.07, 6.45) is 0. The summed E-state index contributed by atoms with van der Waals surface area (Å²) in [5.74, 6) is -1.74. The van der Waals surface area contributed by atoms with Gasteiger partial charge in [-0.05, 0) is 23.8 Å². The molecular weight excluding hydrogens is 334 g/mol. The highest BCUT2D eigenvalue weighted by Gasteiger charge is 2.15. The van der Waals surface area contributed by atoms with E-state index in [1.54, 1.807) is 6.07 Å². The van der Waals surface area contributed by atoms with E-state index in [2.05, 4.69) is 10.4 Å². The summed E-state index contributed by atoms with van der Waals surface area (Å²) in [5.41, 5.74) is 0.962. The first-order valence-electron chi connectivity index (χ1n) is 8.04. The first kappa shape index (κ1) is 17.3. The third kappa shape index (κ3) is 3.61. The fourth-order valence-electron chi connectivity index (χ4n) is 2.64. The molecule has 1 atom stereocenters. The second kappa shape index (κ2) is 7.18. The van der Waals surface area contributed by atoms with E-state index in [1.165, 1.54) is 13.0 Å². The van der Waals surface area contributed by atoms with E-state index < -0.39 is 23.5 Å². The lowest BCUT2D eigenvalue weighted by molar-refractivity contribution is -0.141. The number of benzene rings is 2. The van der Waals surface area contributed by atoms with E-state index in [0.717, 1.165) is 21.0 Å². The standard InChI is InChI=1S/C19H17N3O4/c1-12(19(25)26)20-17(23)11-22-18(24)10-9-16(21-22)15-8-4-6-13-5-2-3-7-14(13)15/h2-10,12H,11H2,1H3,(H,20,23)(H,25,26)/t12-/m1/s1. The van der Waals surface area contributed by atoms with Gasteiger partial charge in [0.05, 0.1) is 5.69 Å². The molecule has 0 saturated carbocycles. The minimum atomic E-state index is -1.15. The average molecular weight is 351 g/mol. The van der Waals surface area contributed by atoms with Gasteiger partial charge in [-0.3, -0.25) is 14.4 Å². The molecule has 0 aliphatic heterocycles. The van der Waals surface area contributed by atoms with E-state index in [4.69, 9.17) is 5.11 Å². The minimum absolute atomic E-state index is 0.352. The zero-order valence-corrected chi connectivity index (χ0v) is 14.0. The number of nitrogens with one attached hydrogen (secondary N) is 1. The van der Waals surface area contributed by atoms with Gasteiger partial charge in [0.25, 0.3) is 5.56 Å². The minimum Gasteiger partial charge on any atom is -0.480 e. The average Bonchev–Trinajstić information content (AvgIpc) is 2.63. The molecule has 2 N–H and O–H groups in total. The highest BCUT2D eigenvalue weighted by atomic mass is 16.4. The molecule has 0 spiro atoms. The van der Waals surface area contributed by atoms with Gasteiger partial charge in [-0.15, -0.1) is 0 Å². The number of carboxylic acids is 1. The number of amides is 1. The fraction of sp³-hybridized carbons (Fsp3) is 0.158. The van der Waals surface area contributed by atoms with E-state index in [-0.39, 0.29) is 6.54 Å². The molecule has 1 heterocycles.